The van der Waals surface area contributed by atoms with Crippen molar-refractivity contribution in [2.45, 2.75) is 18.7 Å². The Bertz CT molecular complexity index is 908. The Morgan fingerprint density at radius 1 is 1.08 bits per heavy atom. The maximum absolute atomic E-state index is 12.5. The van der Waals surface area contributed by atoms with Crippen molar-refractivity contribution in [2.75, 3.05) is 18.1 Å². The number of carbonyl (C=O) groups is 1. The lowest BCUT2D eigenvalue weighted by Crippen LogP contribution is -2.27. The first-order valence-corrected chi connectivity index (χ1v) is 9.64. The lowest BCUT2D eigenvalue weighted by atomic mass is 10.2. The largest absolute Gasteiger partial charge is 0.454 e. The highest BCUT2D eigenvalue weighted by atomic mass is 32.2. The molecule has 1 amide bonds. The molecule has 0 atom stereocenters. The summed E-state index contributed by atoms with van der Waals surface area (Å²) in [5.74, 6) is 1.17. The second kappa shape index (κ2) is 7.25. The summed E-state index contributed by atoms with van der Waals surface area (Å²) in [6.07, 6.45) is 0. The average Bonchev–Trinajstić information content (AvgIpc) is 3.07. The van der Waals surface area contributed by atoms with Crippen LogP contribution in [-0.2, 0) is 10.0 Å². The van der Waals surface area contributed by atoms with Crippen LogP contribution in [0.15, 0.2) is 47.4 Å². The lowest BCUT2D eigenvalue weighted by Gasteiger charge is -2.10. The minimum absolute atomic E-state index is 0.0653. The van der Waals surface area contributed by atoms with E-state index in [2.05, 4.69) is 10.0 Å². The first kappa shape index (κ1) is 18.1. The number of amides is 1. The maximum Gasteiger partial charge on any atom is 0.261 e. The van der Waals surface area contributed by atoms with Crippen LogP contribution in [0.3, 0.4) is 0 Å². The van der Waals surface area contributed by atoms with Gasteiger partial charge in [0.05, 0.1) is 10.6 Å². The zero-order chi connectivity index (χ0) is 18.7. The highest BCUT2D eigenvalue weighted by Gasteiger charge is 2.18. The predicted molar refractivity (Wildman–Crippen MR) is 97.0 cm³/mol. The summed E-state index contributed by atoms with van der Waals surface area (Å²) in [5.41, 5.74) is 0.778. The number of hydrogen-bond acceptors (Lipinski definition) is 5. The van der Waals surface area contributed by atoms with E-state index in [4.69, 9.17) is 9.47 Å². The zero-order valence-corrected chi connectivity index (χ0v) is 15.3. The van der Waals surface area contributed by atoms with Gasteiger partial charge in [0.15, 0.2) is 11.5 Å². The van der Waals surface area contributed by atoms with E-state index in [-0.39, 0.29) is 17.6 Å². The van der Waals surface area contributed by atoms with E-state index in [9.17, 15) is 13.2 Å². The quantitative estimate of drug-likeness (QED) is 0.808. The predicted octanol–water partition coefficient (Wildman–Crippen LogP) is 2.60. The number of ether oxygens (including phenoxy) is 2. The van der Waals surface area contributed by atoms with Gasteiger partial charge in [-0.05, 0) is 42.3 Å². The fraction of sp³-hybridized carbons (Fsp3) is 0.278. The van der Waals surface area contributed by atoms with Crippen molar-refractivity contribution in [3.63, 3.8) is 0 Å². The van der Waals surface area contributed by atoms with Gasteiger partial charge in [-0.3, -0.25) is 9.52 Å². The van der Waals surface area contributed by atoms with Gasteiger partial charge in [0.2, 0.25) is 6.79 Å². The van der Waals surface area contributed by atoms with Gasteiger partial charge >= 0.3 is 0 Å². The van der Waals surface area contributed by atoms with Crippen LogP contribution in [0, 0.1) is 5.92 Å². The number of fused-ring (bicyclic) bond motifs is 1. The van der Waals surface area contributed by atoms with Crippen LogP contribution in [0.4, 0.5) is 5.69 Å². The van der Waals surface area contributed by atoms with Gasteiger partial charge in [-0.25, -0.2) is 8.42 Å². The molecule has 26 heavy (non-hydrogen) atoms. The summed E-state index contributed by atoms with van der Waals surface area (Å²) >= 11 is 0. The summed E-state index contributed by atoms with van der Waals surface area (Å²) in [6, 6.07) is 10.6. The van der Waals surface area contributed by atoms with Crippen molar-refractivity contribution in [3.8, 4) is 11.5 Å². The average molecular weight is 376 g/mol. The van der Waals surface area contributed by atoms with Gasteiger partial charge in [-0.2, -0.15) is 0 Å². The van der Waals surface area contributed by atoms with Crippen molar-refractivity contribution < 1.29 is 22.7 Å². The molecule has 1 heterocycles. The van der Waals surface area contributed by atoms with E-state index in [1.165, 1.54) is 24.3 Å². The van der Waals surface area contributed by atoms with E-state index >= 15 is 0 Å². The highest BCUT2D eigenvalue weighted by molar-refractivity contribution is 7.92. The van der Waals surface area contributed by atoms with Crippen LogP contribution in [-0.4, -0.2) is 27.7 Å². The van der Waals surface area contributed by atoms with Crippen LogP contribution in [0.5, 0.6) is 11.5 Å². The topological polar surface area (TPSA) is 93.7 Å². The molecule has 2 aromatic carbocycles. The Kier molecular flexibility index (Phi) is 5.03. The normalized spacial score (nSPS) is 12.9. The van der Waals surface area contributed by atoms with Gasteiger partial charge in [0.25, 0.3) is 15.9 Å². The fourth-order valence-corrected chi connectivity index (χ4v) is 3.41. The van der Waals surface area contributed by atoms with Crippen LogP contribution < -0.4 is 19.5 Å². The van der Waals surface area contributed by atoms with Crippen molar-refractivity contribution in [3.05, 3.63) is 48.0 Å². The lowest BCUT2D eigenvalue weighted by molar-refractivity contribution is 0.0949. The third-order valence-electron chi connectivity index (χ3n) is 3.72. The van der Waals surface area contributed by atoms with Crippen LogP contribution in [0.1, 0.15) is 24.2 Å². The Labute approximate surface area is 152 Å². The molecule has 0 saturated carbocycles. The molecule has 0 aliphatic carbocycles. The molecule has 3 rings (SSSR count). The van der Waals surface area contributed by atoms with Crippen LogP contribution in [0.2, 0.25) is 0 Å². The summed E-state index contributed by atoms with van der Waals surface area (Å²) in [5, 5.41) is 2.79. The van der Waals surface area contributed by atoms with Gasteiger partial charge in [0.1, 0.15) is 0 Å². The van der Waals surface area contributed by atoms with Crippen molar-refractivity contribution in [1.82, 2.24) is 5.32 Å². The number of carbonyl (C=O) groups excluding carboxylic acids is 1. The molecule has 1 aliphatic rings. The molecule has 0 bridgehead atoms. The van der Waals surface area contributed by atoms with E-state index in [1.807, 2.05) is 13.8 Å². The van der Waals surface area contributed by atoms with E-state index in [0.29, 0.717) is 35.2 Å². The number of anilines is 1. The van der Waals surface area contributed by atoms with E-state index in [0.717, 1.165) is 0 Å². The summed E-state index contributed by atoms with van der Waals surface area (Å²) < 4.78 is 38.0. The molecule has 2 aromatic rings. The van der Waals surface area contributed by atoms with E-state index in [1.54, 1.807) is 18.2 Å². The van der Waals surface area contributed by atoms with E-state index < -0.39 is 10.0 Å². The second-order valence-electron chi connectivity index (χ2n) is 6.30. The molecule has 0 aromatic heterocycles. The maximum atomic E-state index is 12.5. The first-order valence-electron chi connectivity index (χ1n) is 8.16. The highest BCUT2D eigenvalue weighted by Crippen LogP contribution is 2.34. The molecule has 0 spiro atoms. The summed E-state index contributed by atoms with van der Waals surface area (Å²) in [7, 11) is -3.78. The SMILES string of the molecule is CC(C)CNC(=O)c1ccc(S(=O)(=O)Nc2ccc3c(c2)OCO3)cc1. The monoisotopic (exact) mass is 376 g/mol. The van der Waals surface area contributed by atoms with Gasteiger partial charge in [-0.1, -0.05) is 13.8 Å². The molecular weight excluding hydrogens is 356 g/mol. The molecule has 0 saturated heterocycles. The molecule has 0 fully saturated rings. The number of benzene rings is 2. The molecule has 7 nitrogen and oxygen atoms in total. The Morgan fingerprint density at radius 3 is 2.46 bits per heavy atom. The number of sulfonamides is 1. The minimum atomic E-state index is -3.78. The third-order valence-corrected chi connectivity index (χ3v) is 5.12. The summed E-state index contributed by atoms with van der Waals surface area (Å²) in [4.78, 5) is 12.1. The van der Waals surface area contributed by atoms with Crippen molar-refractivity contribution in [2.24, 2.45) is 5.92 Å². The molecule has 8 heteroatoms. The summed E-state index contributed by atoms with van der Waals surface area (Å²) in [6.45, 7) is 4.67. The van der Waals surface area contributed by atoms with Crippen molar-refractivity contribution in [1.29, 1.82) is 0 Å². The third kappa shape index (κ3) is 4.08. The second-order valence-corrected chi connectivity index (χ2v) is 7.98. The Morgan fingerprint density at radius 2 is 1.77 bits per heavy atom. The van der Waals surface area contributed by atoms with Gasteiger partial charge < -0.3 is 14.8 Å². The zero-order valence-electron chi connectivity index (χ0n) is 14.5. The Balaban J connectivity index is 1.72. The Hall–Kier alpha value is -2.74. The molecule has 2 N–H and O–H groups in total. The minimum Gasteiger partial charge on any atom is -0.454 e. The first-order chi connectivity index (χ1) is 12.3. The fourth-order valence-electron chi connectivity index (χ4n) is 2.36. The number of rotatable bonds is 6. The molecule has 138 valence electrons. The number of nitrogens with one attached hydrogen (secondary N) is 2. The molecule has 0 unspecified atom stereocenters. The molecule has 1 aliphatic heterocycles. The molecule has 0 radical (unpaired) electrons. The van der Waals surface area contributed by atoms with Gasteiger partial charge in [-0.15, -0.1) is 0 Å². The van der Waals surface area contributed by atoms with Crippen LogP contribution >= 0.6 is 0 Å². The standard InChI is InChI=1S/C18H20N2O5S/c1-12(2)10-19-18(21)13-3-6-15(7-4-13)26(22,23)20-14-5-8-16-17(9-14)25-11-24-16/h3-9,12,20H,10-11H2,1-2H3,(H,19,21). The molecular formula is C18H20N2O5S. The smallest absolute Gasteiger partial charge is 0.261 e. The van der Waals surface area contributed by atoms with Crippen molar-refractivity contribution >= 4 is 21.6 Å². The van der Waals surface area contributed by atoms with Crippen LogP contribution in [0.25, 0.3) is 0 Å². The number of hydrogen-bond donors (Lipinski definition) is 2. The van der Waals surface area contributed by atoms with Gasteiger partial charge in [0, 0.05) is 18.2 Å².